The van der Waals surface area contributed by atoms with Crippen LogP contribution in [0.4, 0.5) is 5.69 Å². The van der Waals surface area contributed by atoms with Crippen molar-refractivity contribution in [3.8, 4) is 0 Å². The molecule has 3 aromatic rings. The fraction of sp³-hybridized carbons (Fsp3) is 0.360. The smallest absolute Gasteiger partial charge is 0.243 e. The number of rotatable bonds is 6. The summed E-state index contributed by atoms with van der Waals surface area (Å²) in [5.41, 5.74) is 3.90. The lowest BCUT2D eigenvalue weighted by Crippen LogP contribution is -2.46. The molecule has 1 saturated heterocycles. The topological polar surface area (TPSA) is 74.0 Å². The van der Waals surface area contributed by atoms with E-state index in [0.29, 0.717) is 24.7 Å². The number of pyridine rings is 1. The van der Waals surface area contributed by atoms with Crippen molar-refractivity contribution in [3.63, 3.8) is 0 Å². The van der Waals surface area contributed by atoms with Gasteiger partial charge in [-0.25, -0.2) is 13.4 Å². The van der Waals surface area contributed by atoms with Crippen molar-refractivity contribution in [2.24, 2.45) is 4.99 Å². The highest BCUT2D eigenvalue weighted by molar-refractivity contribution is 7.89. The summed E-state index contributed by atoms with van der Waals surface area (Å²) in [5.74, 6) is 0. The van der Waals surface area contributed by atoms with E-state index in [1.54, 1.807) is 16.4 Å². The monoisotopic (exact) mass is 478 g/mol. The van der Waals surface area contributed by atoms with E-state index in [2.05, 4.69) is 33.6 Å². The van der Waals surface area contributed by atoms with E-state index in [1.165, 1.54) is 0 Å². The van der Waals surface area contributed by atoms with Crippen LogP contribution in [0.1, 0.15) is 18.9 Å². The van der Waals surface area contributed by atoms with Gasteiger partial charge in [0.1, 0.15) is 12.3 Å². The molecule has 1 aromatic carbocycles. The van der Waals surface area contributed by atoms with Crippen LogP contribution in [0.3, 0.4) is 0 Å². The first-order chi connectivity index (χ1) is 16.5. The summed E-state index contributed by atoms with van der Waals surface area (Å²) in [4.78, 5) is 13.9. The Morgan fingerprint density at radius 1 is 1.03 bits per heavy atom. The van der Waals surface area contributed by atoms with Gasteiger partial charge in [0.2, 0.25) is 10.0 Å². The van der Waals surface area contributed by atoms with E-state index in [1.807, 2.05) is 48.6 Å². The first kappa shape index (κ1) is 22.8. The van der Waals surface area contributed by atoms with Crippen molar-refractivity contribution < 1.29 is 8.42 Å². The molecule has 5 rings (SSSR count). The van der Waals surface area contributed by atoms with Crippen LogP contribution in [0, 0.1) is 0 Å². The zero-order valence-electron chi connectivity index (χ0n) is 19.6. The Labute approximate surface area is 200 Å². The average Bonchev–Trinajstić information content (AvgIpc) is 3.23. The molecule has 0 saturated carbocycles. The van der Waals surface area contributed by atoms with Crippen LogP contribution >= 0.6 is 0 Å². The van der Waals surface area contributed by atoms with Crippen LogP contribution < -0.4 is 4.90 Å². The lowest BCUT2D eigenvalue weighted by Gasteiger charge is -2.31. The van der Waals surface area contributed by atoms with Crippen LogP contribution in [0.2, 0.25) is 0 Å². The maximum Gasteiger partial charge on any atom is 0.243 e. The van der Waals surface area contributed by atoms with E-state index in [-0.39, 0.29) is 0 Å². The van der Waals surface area contributed by atoms with Gasteiger partial charge in [-0.1, -0.05) is 6.92 Å². The van der Waals surface area contributed by atoms with Crippen molar-refractivity contribution in [1.82, 2.24) is 18.8 Å². The third-order valence-electron chi connectivity index (χ3n) is 6.45. The van der Waals surface area contributed by atoms with Crippen LogP contribution in [0.5, 0.6) is 0 Å². The first-order valence-electron chi connectivity index (χ1n) is 11.7. The minimum atomic E-state index is -3.47. The van der Waals surface area contributed by atoms with Crippen molar-refractivity contribution in [3.05, 3.63) is 66.6 Å². The lowest BCUT2D eigenvalue weighted by atomic mass is 10.1. The van der Waals surface area contributed by atoms with Gasteiger partial charge in [0.25, 0.3) is 0 Å². The quantitative estimate of drug-likeness (QED) is 0.544. The number of nitrogens with zero attached hydrogens (tertiary/aromatic N) is 6. The van der Waals surface area contributed by atoms with Crippen LogP contribution in [0.15, 0.2) is 71.0 Å². The van der Waals surface area contributed by atoms with E-state index >= 15 is 0 Å². The average molecular weight is 479 g/mol. The number of aryl methyl sites for hydroxylation is 1. The molecule has 0 bridgehead atoms. The Morgan fingerprint density at radius 3 is 2.47 bits per heavy atom. The second-order valence-electron chi connectivity index (χ2n) is 8.78. The number of fused-ring (bicyclic) bond motifs is 1. The highest BCUT2D eigenvalue weighted by atomic mass is 32.2. The van der Waals surface area contributed by atoms with Crippen LogP contribution in [-0.2, 0) is 16.6 Å². The second kappa shape index (κ2) is 9.32. The predicted molar refractivity (Wildman–Crippen MR) is 136 cm³/mol. The Bertz CT molecular complexity index is 1340. The zero-order valence-corrected chi connectivity index (χ0v) is 20.4. The third kappa shape index (κ3) is 4.26. The van der Waals surface area contributed by atoms with E-state index < -0.39 is 10.0 Å². The van der Waals surface area contributed by atoms with Gasteiger partial charge in [0, 0.05) is 68.0 Å². The molecule has 1 fully saturated rings. The molecule has 0 atom stereocenters. The van der Waals surface area contributed by atoms with Crippen LogP contribution in [-0.4, -0.2) is 72.8 Å². The number of aromatic nitrogens is 2. The fourth-order valence-electron chi connectivity index (χ4n) is 4.48. The van der Waals surface area contributed by atoms with Crippen molar-refractivity contribution in [2.75, 3.05) is 44.8 Å². The number of piperazine rings is 1. The Kier molecular flexibility index (Phi) is 6.24. The van der Waals surface area contributed by atoms with Crippen molar-refractivity contribution >= 4 is 32.5 Å². The van der Waals surface area contributed by atoms with E-state index in [4.69, 9.17) is 4.99 Å². The molecule has 0 unspecified atom stereocenters. The van der Waals surface area contributed by atoms with Gasteiger partial charge < -0.3 is 14.4 Å². The van der Waals surface area contributed by atoms with Gasteiger partial charge in [-0.2, -0.15) is 4.31 Å². The Morgan fingerprint density at radius 2 is 1.79 bits per heavy atom. The minimum absolute atomic E-state index is 0.335. The molecule has 8 nitrogen and oxygen atoms in total. The molecule has 34 heavy (non-hydrogen) atoms. The largest absolute Gasteiger partial charge is 0.332 e. The molecule has 2 aliphatic heterocycles. The molecule has 9 heteroatoms. The number of sulfonamides is 1. The molecule has 0 amide bonds. The maximum absolute atomic E-state index is 13.0. The standard InChI is InChI=1S/C25H30N6O2S/c1-3-12-29-18-23(22-5-4-11-26-25(22)29)24-10-13-30(19-27-24)20-6-8-21(9-7-20)34(32,33)31-16-14-28(2)15-17-31/h4-11,13,18H,3,12,14-17,19H2,1-2H3. The second-order valence-corrected chi connectivity index (χ2v) is 10.7. The number of benzene rings is 1. The van der Waals surface area contributed by atoms with Gasteiger partial charge in [-0.05, 0) is 55.9 Å². The fourth-order valence-corrected chi connectivity index (χ4v) is 5.90. The zero-order chi connectivity index (χ0) is 23.7. The van der Waals surface area contributed by atoms with Gasteiger partial charge in [0.05, 0.1) is 10.6 Å². The van der Waals surface area contributed by atoms with E-state index in [9.17, 15) is 8.42 Å². The Hall–Kier alpha value is -3.01. The van der Waals surface area contributed by atoms with Gasteiger partial charge in [-0.15, -0.1) is 0 Å². The third-order valence-corrected chi connectivity index (χ3v) is 8.36. The molecule has 0 spiro atoms. The van der Waals surface area contributed by atoms with Crippen LogP contribution in [0.25, 0.3) is 11.0 Å². The summed E-state index contributed by atoms with van der Waals surface area (Å²) in [6.45, 7) is 6.10. The summed E-state index contributed by atoms with van der Waals surface area (Å²) in [6.07, 6.45) is 9.02. The van der Waals surface area contributed by atoms with E-state index in [0.717, 1.165) is 54.1 Å². The number of likely N-dealkylation sites (N-methyl/N-ethyl adjacent to an activating group) is 1. The molecule has 0 N–H and O–H groups in total. The maximum atomic E-state index is 13.0. The summed E-state index contributed by atoms with van der Waals surface area (Å²) < 4.78 is 29.7. The molecule has 178 valence electrons. The highest BCUT2D eigenvalue weighted by Gasteiger charge is 2.27. The SMILES string of the molecule is CCCn1cc(C2=NCN(c3ccc(S(=O)(=O)N4CCN(C)CC4)cc3)C=C2)c2cccnc21. The molecular weight excluding hydrogens is 448 g/mol. The lowest BCUT2D eigenvalue weighted by molar-refractivity contribution is 0.222. The number of hydrogen-bond donors (Lipinski definition) is 0. The molecule has 0 radical (unpaired) electrons. The Balaban J connectivity index is 1.32. The summed E-state index contributed by atoms with van der Waals surface area (Å²) in [7, 11) is -1.45. The number of anilines is 1. The summed E-state index contributed by atoms with van der Waals surface area (Å²) >= 11 is 0. The van der Waals surface area contributed by atoms with Gasteiger partial charge in [0.15, 0.2) is 0 Å². The molecule has 2 aliphatic rings. The van der Waals surface area contributed by atoms with Crippen molar-refractivity contribution in [1.29, 1.82) is 0 Å². The molecule has 2 aromatic heterocycles. The number of allylic oxidation sites excluding steroid dienone is 1. The van der Waals surface area contributed by atoms with Gasteiger partial charge >= 0.3 is 0 Å². The predicted octanol–water partition coefficient (Wildman–Crippen LogP) is 3.16. The molecular formula is C25H30N6O2S. The van der Waals surface area contributed by atoms with Crippen molar-refractivity contribution in [2.45, 2.75) is 24.8 Å². The molecule has 0 aliphatic carbocycles. The molecule has 4 heterocycles. The number of aliphatic imine (C=N–C) groups is 1. The van der Waals surface area contributed by atoms with Gasteiger partial charge in [-0.3, -0.25) is 4.99 Å². The normalized spacial score (nSPS) is 17.9. The first-order valence-corrected chi connectivity index (χ1v) is 13.1. The summed E-state index contributed by atoms with van der Waals surface area (Å²) in [5, 5.41) is 1.10. The number of hydrogen-bond acceptors (Lipinski definition) is 6. The minimum Gasteiger partial charge on any atom is -0.332 e. The summed E-state index contributed by atoms with van der Waals surface area (Å²) in [6, 6.07) is 11.1. The highest BCUT2D eigenvalue weighted by Crippen LogP contribution is 2.25.